The Morgan fingerprint density at radius 1 is 0.895 bits per heavy atom. The Kier molecular flexibility index (Phi) is 10.6. The maximum Gasteiger partial charge on any atom is 0.243 e. The van der Waals surface area contributed by atoms with Gasteiger partial charge in [0, 0.05) is 12.6 Å². The molecule has 4 unspecified atom stereocenters. The average molecular weight is 533 g/mol. The fraction of sp³-hybridized carbons (Fsp3) is 0.900. The van der Waals surface area contributed by atoms with Crippen LogP contribution in [-0.2, 0) is 14.4 Å². The monoisotopic (exact) mass is 532 g/mol. The van der Waals surface area contributed by atoms with Crippen LogP contribution in [0.2, 0.25) is 0 Å². The first-order valence-electron chi connectivity index (χ1n) is 15.6. The lowest BCUT2D eigenvalue weighted by atomic mass is 9.80. The summed E-state index contributed by atoms with van der Waals surface area (Å²) in [6, 6.07) is -1.29. The quantitative estimate of drug-likeness (QED) is 0.303. The van der Waals surface area contributed by atoms with Crippen molar-refractivity contribution in [2.45, 2.75) is 141 Å². The topological polar surface area (TPSA) is 125 Å². The first-order valence-corrected chi connectivity index (χ1v) is 15.6. The van der Waals surface area contributed by atoms with Gasteiger partial charge in [-0.2, -0.15) is 0 Å². The van der Waals surface area contributed by atoms with Gasteiger partial charge in [-0.25, -0.2) is 0 Å². The molecule has 8 heteroatoms. The van der Waals surface area contributed by atoms with E-state index in [-0.39, 0.29) is 23.8 Å². The molecule has 0 bridgehead atoms. The lowest BCUT2D eigenvalue weighted by Crippen LogP contribution is -2.58. The van der Waals surface area contributed by atoms with Crippen LogP contribution in [0.25, 0.3) is 0 Å². The number of rotatable bonds is 11. The number of nitrogens with two attached hydrogens (primary N) is 1. The van der Waals surface area contributed by atoms with Crippen LogP contribution in [0.5, 0.6) is 0 Å². The molecule has 1 heterocycles. The molecule has 1 saturated heterocycles. The van der Waals surface area contributed by atoms with Gasteiger partial charge in [-0.1, -0.05) is 71.6 Å². The summed E-state index contributed by atoms with van der Waals surface area (Å²) in [5.74, 6) is 0.494. The van der Waals surface area contributed by atoms with E-state index in [1.807, 2.05) is 4.90 Å². The fourth-order valence-corrected chi connectivity index (χ4v) is 7.20. The van der Waals surface area contributed by atoms with E-state index in [4.69, 9.17) is 5.73 Å². The minimum absolute atomic E-state index is 0.0616. The van der Waals surface area contributed by atoms with Crippen molar-refractivity contribution in [3.8, 4) is 0 Å². The summed E-state index contributed by atoms with van der Waals surface area (Å²) in [6.07, 6.45) is 14.2. The van der Waals surface area contributed by atoms with Gasteiger partial charge in [0.25, 0.3) is 0 Å². The molecule has 216 valence electrons. The van der Waals surface area contributed by atoms with Crippen molar-refractivity contribution >= 4 is 17.6 Å². The Balaban J connectivity index is 1.52. The molecule has 5 atom stereocenters. The average Bonchev–Trinajstić information content (AvgIpc) is 3.35. The van der Waals surface area contributed by atoms with Gasteiger partial charge in [-0.05, 0) is 62.2 Å². The fourth-order valence-electron chi connectivity index (χ4n) is 7.20. The molecular formula is C30H52N4O4. The number of nitrogens with zero attached hydrogens (tertiary/aromatic N) is 1. The maximum absolute atomic E-state index is 14.3. The Labute approximate surface area is 229 Å². The third-order valence-electron chi connectivity index (χ3n) is 10.0. The molecule has 4 fully saturated rings. The van der Waals surface area contributed by atoms with Crippen molar-refractivity contribution in [2.75, 3.05) is 6.54 Å². The lowest BCUT2D eigenvalue weighted by molar-refractivity contribution is -0.143. The SMILES string of the molecule is CC(C)C1CC(C(=O)NC(CC2CCC2)C(=O)C(N)O)N(C(=O)[C@@H](NC2CCCCC2)C2CCCCC2)C1. The minimum atomic E-state index is -1.61. The van der Waals surface area contributed by atoms with Crippen molar-refractivity contribution in [1.82, 2.24) is 15.5 Å². The van der Waals surface area contributed by atoms with E-state index in [2.05, 4.69) is 24.5 Å². The van der Waals surface area contributed by atoms with E-state index < -0.39 is 24.1 Å². The molecule has 3 aliphatic carbocycles. The highest BCUT2D eigenvalue weighted by atomic mass is 16.3. The number of aliphatic hydroxyl groups is 1. The molecule has 38 heavy (non-hydrogen) atoms. The molecular weight excluding hydrogens is 480 g/mol. The van der Waals surface area contributed by atoms with E-state index >= 15 is 0 Å². The van der Waals surface area contributed by atoms with Gasteiger partial charge in [0.2, 0.25) is 11.8 Å². The second-order valence-electron chi connectivity index (χ2n) is 13.1. The summed E-state index contributed by atoms with van der Waals surface area (Å²) < 4.78 is 0. The standard InChI is InChI=1S/C30H52N4O4/c1-19(2)22-17-25(29(37)33-24(27(35)28(31)36)16-20-10-9-11-20)34(18-22)30(38)26(21-12-5-3-6-13-21)32-23-14-7-4-8-15-23/h19-26,28,32,36H,3-18,31H2,1-2H3,(H,33,37)/t22?,24?,25?,26-,28?/m0/s1. The number of carbonyl (C=O) groups is 3. The Morgan fingerprint density at radius 2 is 1.53 bits per heavy atom. The summed E-state index contributed by atoms with van der Waals surface area (Å²) in [6.45, 7) is 4.88. The van der Waals surface area contributed by atoms with E-state index in [1.54, 1.807) is 0 Å². The number of nitrogens with one attached hydrogen (secondary N) is 2. The van der Waals surface area contributed by atoms with Gasteiger partial charge in [-0.15, -0.1) is 0 Å². The Bertz CT molecular complexity index is 802. The molecule has 5 N–H and O–H groups in total. The van der Waals surface area contributed by atoms with E-state index in [1.165, 1.54) is 25.7 Å². The van der Waals surface area contributed by atoms with Crippen LogP contribution in [0.1, 0.15) is 110 Å². The summed E-state index contributed by atoms with van der Waals surface area (Å²) >= 11 is 0. The minimum Gasteiger partial charge on any atom is -0.371 e. The number of hydrogen-bond donors (Lipinski definition) is 4. The molecule has 3 saturated carbocycles. The number of Topliss-reactive ketones (excluding diaryl/α,β-unsaturated/α-hetero) is 1. The summed E-state index contributed by atoms with van der Waals surface area (Å²) in [5, 5.41) is 16.5. The predicted molar refractivity (Wildman–Crippen MR) is 148 cm³/mol. The number of carbonyl (C=O) groups excluding carboxylic acids is 3. The van der Waals surface area contributed by atoms with Gasteiger partial charge in [0.1, 0.15) is 6.04 Å². The third-order valence-corrected chi connectivity index (χ3v) is 10.0. The van der Waals surface area contributed by atoms with Gasteiger partial charge in [-0.3, -0.25) is 20.1 Å². The number of hydrogen-bond acceptors (Lipinski definition) is 6. The van der Waals surface area contributed by atoms with Crippen LogP contribution in [-0.4, -0.2) is 64.5 Å². The molecule has 8 nitrogen and oxygen atoms in total. The summed E-state index contributed by atoms with van der Waals surface area (Å²) in [7, 11) is 0. The molecule has 0 radical (unpaired) electrons. The first-order chi connectivity index (χ1) is 18.2. The molecule has 4 aliphatic rings. The van der Waals surface area contributed by atoms with Crippen LogP contribution in [0, 0.1) is 23.7 Å². The highest BCUT2D eigenvalue weighted by molar-refractivity contribution is 5.95. The molecule has 1 aliphatic heterocycles. The Hall–Kier alpha value is -1.51. The molecule has 0 aromatic carbocycles. The van der Waals surface area contributed by atoms with Crippen LogP contribution < -0.4 is 16.4 Å². The maximum atomic E-state index is 14.3. The van der Waals surface area contributed by atoms with Crippen molar-refractivity contribution in [2.24, 2.45) is 29.4 Å². The van der Waals surface area contributed by atoms with Crippen molar-refractivity contribution in [3.63, 3.8) is 0 Å². The van der Waals surface area contributed by atoms with Crippen LogP contribution in [0.3, 0.4) is 0 Å². The zero-order chi connectivity index (χ0) is 27.2. The second-order valence-corrected chi connectivity index (χ2v) is 13.1. The first kappa shape index (κ1) is 29.5. The van der Waals surface area contributed by atoms with Crippen LogP contribution in [0.15, 0.2) is 0 Å². The summed E-state index contributed by atoms with van der Waals surface area (Å²) in [4.78, 5) is 42.6. The zero-order valence-electron chi connectivity index (χ0n) is 23.7. The highest BCUT2D eigenvalue weighted by Crippen LogP contribution is 2.35. The number of ketones is 1. The number of aliphatic hydroxyl groups excluding tert-OH is 1. The second kappa shape index (κ2) is 13.7. The van der Waals surface area contributed by atoms with Crippen LogP contribution >= 0.6 is 0 Å². The highest BCUT2D eigenvalue weighted by Gasteiger charge is 2.45. The number of amides is 2. The number of likely N-dealkylation sites (tertiary alicyclic amines) is 1. The molecule has 0 spiro atoms. The predicted octanol–water partition coefficient (Wildman–Crippen LogP) is 3.25. The van der Waals surface area contributed by atoms with Crippen molar-refractivity contribution < 1.29 is 19.5 Å². The Morgan fingerprint density at radius 3 is 2.08 bits per heavy atom. The van der Waals surface area contributed by atoms with E-state index in [0.29, 0.717) is 43.2 Å². The summed E-state index contributed by atoms with van der Waals surface area (Å²) in [5.41, 5.74) is 5.53. The third kappa shape index (κ3) is 7.36. The molecule has 2 amide bonds. The van der Waals surface area contributed by atoms with E-state index in [0.717, 1.165) is 57.8 Å². The van der Waals surface area contributed by atoms with Crippen LogP contribution in [0.4, 0.5) is 0 Å². The lowest BCUT2D eigenvalue weighted by Gasteiger charge is -2.38. The molecule has 0 aromatic rings. The van der Waals surface area contributed by atoms with Gasteiger partial charge < -0.3 is 20.6 Å². The van der Waals surface area contributed by atoms with Crippen molar-refractivity contribution in [1.29, 1.82) is 0 Å². The van der Waals surface area contributed by atoms with Crippen molar-refractivity contribution in [3.05, 3.63) is 0 Å². The smallest absolute Gasteiger partial charge is 0.243 e. The molecule has 4 rings (SSSR count). The normalized spacial score (nSPS) is 28.1. The largest absolute Gasteiger partial charge is 0.371 e. The van der Waals surface area contributed by atoms with E-state index in [9.17, 15) is 19.5 Å². The van der Waals surface area contributed by atoms with Gasteiger partial charge >= 0.3 is 0 Å². The molecule has 0 aromatic heterocycles. The zero-order valence-corrected chi connectivity index (χ0v) is 23.7. The van der Waals surface area contributed by atoms with Gasteiger partial charge in [0.05, 0.1) is 12.1 Å². The van der Waals surface area contributed by atoms with Gasteiger partial charge in [0.15, 0.2) is 12.0 Å².